The second-order valence-electron chi connectivity index (χ2n) is 6.32. The summed E-state index contributed by atoms with van der Waals surface area (Å²) in [6, 6.07) is 4.61. The van der Waals surface area contributed by atoms with E-state index in [0.717, 1.165) is 12.0 Å². The molecule has 1 fully saturated rings. The van der Waals surface area contributed by atoms with Gasteiger partial charge in [-0.15, -0.1) is 0 Å². The number of nitrogens with one attached hydrogen (secondary N) is 2. The molecule has 128 valence electrons. The van der Waals surface area contributed by atoms with Crippen LogP contribution in [0.4, 0.5) is 0 Å². The number of aliphatic hydroxyl groups excluding tert-OH is 1. The lowest BCUT2D eigenvalue weighted by molar-refractivity contribution is -0.132. The first kappa shape index (κ1) is 17.8. The quantitative estimate of drug-likeness (QED) is 0.668. The molecule has 6 heteroatoms. The highest BCUT2D eigenvalue weighted by Gasteiger charge is 2.30. The minimum absolute atomic E-state index is 0.102. The lowest BCUT2D eigenvalue weighted by Gasteiger charge is -2.24. The number of hydrazine groups is 1. The molecule has 1 aliphatic rings. The molecule has 0 bridgehead atoms. The Balaban J connectivity index is 1.90. The molecule has 1 amide bonds. The van der Waals surface area contributed by atoms with Gasteiger partial charge in [-0.05, 0) is 50.3 Å². The highest BCUT2D eigenvalue weighted by Crippen LogP contribution is 2.21. The van der Waals surface area contributed by atoms with Gasteiger partial charge in [0.1, 0.15) is 0 Å². The number of rotatable bonds is 8. The molecule has 0 radical (unpaired) electrons. The molecule has 2 rings (SSSR count). The van der Waals surface area contributed by atoms with Crippen LogP contribution in [0.1, 0.15) is 38.7 Å². The fourth-order valence-electron chi connectivity index (χ4n) is 3.12. The van der Waals surface area contributed by atoms with E-state index < -0.39 is 0 Å². The van der Waals surface area contributed by atoms with E-state index in [2.05, 4.69) is 29.7 Å². The molecule has 0 spiro atoms. The van der Waals surface area contributed by atoms with Gasteiger partial charge in [-0.2, -0.15) is 0 Å². The van der Waals surface area contributed by atoms with Crippen LogP contribution in [-0.2, 0) is 11.3 Å². The molecule has 2 unspecified atom stereocenters. The lowest BCUT2D eigenvalue weighted by Crippen LogP contribution is -2.33. The Morgan fingerprint density at radius 1 is 1.26 bits per heavy atom. The van der Waals surface area contributed by atoms with Crippen LogP contribution in [0.3, 0.4) is 0 Å². The zero-order chi connectivity index (χ0) is 16.7. The van der Waals surface area contributed by atoms with Crippen LogP contribution < -0.4 is 10.9 Å². The highest BCUT2D eigenvalue weighted by atomic mass is 16.3. The van der Waals surface area contributed by atoms with E-state index in [1.807, 2.05) is 17.0 Å². The van der Waals surface area contributed by atoms with E-state index in [0.29, 0.717) is 43.9 Å². The van der Waals surface area contributed by atoms with Crippen LogP contribution in [0.2, 0.25) is 0 Å². The van der Waals surface area contributed by atoms with E-state index in [9.17, 15) is 4.79 Å². The average Bonchev–Trinajstić information content (AvgIpc) is 2.88. The predicted octanol–water partition coefficient (Wildman–Crippen LogP) is 1.07. The van der Waals surface area contributed by atoms with Gasteiger partial charge in [-0.3, -0.25) is 20.6 Å². The number of amides is 1. The summed E-state index contributed by atoms with van der Waals surface area (Å²) in [4.78, 5) is 18.5. The second-order valence-corrected chi connectivity index (χ2v) is 6.32. The number of carbonyl (C=O) groups excluding carboxylic acids is 1. The first-order valence-corrected chi connectivity index (χ1v) is 8.40. The lowest BCUT2D eigenvalue weighted by atomic mass is 9.91. The number of pyridine rings is 1. The largest absolute Gasteiger partial charge is 0.396 e. The second kappa shape index (κ2) is 8.96. The summed E-state index contributed by atoms with van der Waals surface area (Å²) in [5, 5.41) is 9.07. The monoisotopic (exact) mass is 320 g/mol. The predicted molar refractivity (Wildman–Crippen MR) is 89.3 cm³/mol. The molecular formula is C17H28N4O2. The molecule has 23 heavy (non-hydrogen) atoms. The number of hydrogen-bond donors (Lipinski definition) is 3. The van der Waals surface area contributed by atoms with Gasteiger partial charge in [0.2, 0.25) is 5.91 Å². The van der Waals surface area contributed by atoms with Gasteiger partial charge in [0, 0.05) is 50.6 Å². The highest BCUT2D eigenvalue weighted by molar-refractivity contribution is 5.76. The normalized spacial score (nSPS) is 23.9. The molecule has 0 saturated carbocycles. The summed E-state index contributed by atoms with van der Waals surface area (Å²) in [5.41, 5.74) is 7.53. The van der Waals surface area contributed by atoms with Crippen molar-refractivity contribution in [1.82, 2.24) is 20.7 Å². The fourth-order valence-corrected chi connectivity index (χ4v) is 3.12. The van der Waals surface area contributed by atoms with Crippen molar-refractivity contribution in [2.75, 3.05) is 13.2 Å². The van der Waals surface area contributed by atoms with Crippen molar-refractivity contribution >= 4 is 5.91 Å². The molecule has 6 nitrogen and oxygen atoms in total. The molecular weight excluding hydrogens is 292 g/mol. The van der Waals surface area contributed by atoms with Crippen molar-refractivity contribution in [3.05, 3.63) is 30.1 Å². The Bertz CT molecular complexity index is 473. The average molecular weight is 320 g/mol. The molecule has 0 aromatic carbocycles. The van der Waals surface area contributed by atoms with Crippen LogP contribution >= 0.6 is 0 Å². The summed E-state index contributed by atoms with van der Waals surface area (Å²) < 4.78 is 0. The molecule has 0 aliphatic carbocycles. The van der Waals surface area contributed by atoms with E-state index >= 15 is 0 Å². The van der Waals surface area contributed by atoms with E-state index in [4.69, 9.17) is 5.11 Å². The van der Waals surface area contributed by atoms with E-state index in [1.54, 1.807) is 12.4 Å². The van der Waals surface area contributed by atoms with Crippen LogP contribution in [0.5, 0.6) is 0 Å². The van der Waals surface area contributed by atoms with Gasteiger partial charge in [-0.25, -0.2) is 0 Å². The van der Waals surface area contributed by atoms with Crippen LogP contribution in [0.25, 0.3) is 0 Å². The van der Waals surface area contributed by atoms with Gasteiger partial charge < -0.3 is 10.0 Å². The zero-order valence-electron chi connectivity index (χ0n) is 14.0. The van der Waals surface area contributed by atoms with Gasteiger partial charge in [-0.1, -0.05) is 0 Å². The number of nitrogens with zero attached hydrogens (tertiary/aromatic N) is 2. The maximum atomic E-state index is 12.6. The van der Waals surface area contributed by atoms with Crippen molar-refractivity contribution in [1.29, 1.82) is 0 Å². The number of hydrogen-bond acceptors (Lipinski definition) is 5. The van der Waals surface area contributed by atoms with Crippen molar-refractivity contribution in [2.24, 2.45) is 5.92 Å². The number of aliphatic hydroxyl groups is 1. The fraction of sp³-hybridized carbons (Fsp3) is 0.647. The third kappa shape index (κ3) is 5.27. The number of aromatic nitrogens is 1. The Kier molecular flexibility index (Phi) is 6.95. The minimum atomic E-state index is 0.102. The van der Waals surface area contributed by atoms with Gasteiger partial charge in [0.25, 0.3) is 0 Å². The van der Waals surface area contributed by atoms with Crippen LogP contribution in [0, 0.1) is 5.92 Å². The molecule has 2 atom stereocenters. The zero-order valence-corrected chi connectivity index (χ0v) is 14.0. The van der Waals surface area contributed by atoms with E-state index in [1.165, 1.54) is 0 Å². The maximum Gasteiger partial charge on any atom is 0.222 e. The first-order chi connectivity index (χ1) is 11.1. The Labute approximate surface area is 138 Å². The third-order valence-corrected chi connectivity index (χ3v) is 4.58. The summed E-state index contributed by atoms with van der Waals surface area (Å²) in [7, 11) is 0. The van der Waals surface area contributed by atoms with Crippen LogP contribution in [-0.4, -0.2) is 46.1 Å². The smallest absolute Gasteiger partial charge is 0.222 e. The molecule has 3 N–H and O–H groups in total. The van der Waals surface area contributed by atoms with Crippen molar-refractivity contribution in [2.45, 2.75) is 51.7 Å². The van der Waals surface area contributed by atoms with Crippen molar-refractivity contribution in [3.8, 4) is 0 Å². The summed E-state index contributed by atoms with van der Waals surface area (Å²) in [5.74, 6) is 0.612. The Morgan fingerprint density at radius 3 is 2.52 bits per heavy atom. The van der Waals surface area contributed by atoms with Gasteiger partial charge in [0.05, 0.1) is 0 Å². The first-order valence-electron chi connectivity index (χ1n) is 8.40. The molecule has 1 aliphatic heterocycles. The SMILES string of the molecule is CC1NNC(C)C1CCC(=O)N(CCCO)Cc1ccncc1. The summed E-state index contributed by atoms with van der Waals surface area (Å²) in [6.07, 6.45) is 5.50. The summed E-state index contributed by atoms with van der Waals surface area (Å²) >= 11 is 0. The van der Waals surface area contributed by atoms with Crippen LogP contribution in [0.15, 0.2) is 24.5 Å². The summed E-state index contributed by atoms with van der Waals surface area (Å²) in [6.45, 7) is 5.56. The topological polar surface area (TPSA) is 77.5 Å². The Hall–Kier alpha value is -1.50. The van der Waals surface area contributed by atoms with Gasteiger partial charge in [0.15, 0.2) is 0 Å². The standard InChI is InChI=1S/C17H28N4O2/c1-13-16(14(2)20-19-13)4-5-17(23)21(10-3-11-22)12-15-6-8-18-9-7-15/h6-9,13-14,16,19-20,22H,3-5,10-12H2,1-2H3. The minimum Gasteiger partial charge on any atom is -0.396 e. The van der Waals surface area contributed by atoms with Gasteiger partial charge >= 0.3 is 0 Å². The molecule has 1 aromatic rings. The third-order valence-electron chi connectivity index (χ3n) is 4.58. The molecule has 1 saturated heterocycles. The molecule has 2 heterocycles. The van der Waals surface area contributed by atoms with E-state index in [-0.39, 0.29) is 12.5 Å². The molecule has 1 aromatic heterocycles. The maximum absolute atomic E-state index is 12.6. The number of carbonyl (C=O) groups is 1. The van der Waals surface area contributed by atoms with Crippen molar-refractivity contribution < 1.29 is 9.90 Å². The van der Waals surface area contributed by atoms with Crippen molar-refractivity contribution in [3.63, 3.8) is 0 Å². The Morgan fingerprint density at radius 2 is 1.91 bits per heavy atom.